The van der Waals surface area contributed by atoms with Crippen LogP contribution in [0.1, 0.15) is 85.0 Å². The highest BCUT2D eigenvalue weighted by Gasteiger charge is 2.64. The number of methoxy groups -OCH3 is 1. The van der Waals surface area contributed by atoms with Crippen LogP contribution in [0, 0.1) is 46.3 Å². The molecule has 4 fully saturated rings. The maximum atomic E-state index is 11.5. The summed E-state index contributed by atoms with van der Waals surface area (Å²) >= 11 is 0. The molecule has 0 aromatic heterocycles. The zero-order valence-electron chi connectivity index (χ0n) is 19.3. The molecule has 0 spiro atoms. The quantitative estimate of drug-likeness (QED) is 0.570. The van der Waals surface area contributed by atoms with Crippen LogP contribution in [-0.2, 0) is 9.53 Å². The van der Waals surface area contributed by atoms with E-state index in [-0.39, 0.29) is 23.4 Å². The van der Waals surface area contributed by atoms with Crippen molar-refractivity contribution in [2.75, 3.05) is 7.11 Å². The van der Waals surface area contributed by atoms with E-state index in [0.717, 1.165) is 32.1 Å². The van der Waals surface area contributed by atoms with E-state index in [1.165, 1.54) is 12.8 Å². The Bertz CT molecular complexity index is 666. The Morgan fingerprint density at radius 3 is 2.53 bits per heavy atom. The SMILES string of the molecule is CO[C@@]1(O)CC[C@]2(C)C3C[C@H](O)[C@@]4(C)C(CC[C@@H]4[C@H](C)CCC(=O)O)C3CC[C@@H]2C1. The van der Waals surface area contributed by atoms with Crippen molar-refractivity contribution < 1.29 is 24.9 Å². The highest BCUT2D eigenvalue weighted by atomic mass is 16.6. The van der Waals surface area contributed by atoms with Crippen LogP contribution in [0.15, 0.2) is 0 Å². The highest BCUT2D eigenvalue weighted by molar-refractivity contribution is 5.66. The molecular weight excluding hydrogens is 380 g/mol. The van der Waals surface area contributed by atoms with Crippen LogP contribution < -0.4 is 0 Å². The second-order valence-corrected chi connectivity index (χ2v) is 11.7. The molecule has 0 aromatic rings. The largest absolute Gasteiger partial charge is 0.481 e. The first kappa shape index (κ1) is 22.5. The smallest absolute Gasteiger partial charge is 0.303 e. The molecule has 0 bridgehead atoms. The minimum atomic E-state index is -0.975. The minimum Gasteiger partial charge on any atom is -0.481 e. The van der Waals surface area contributed by atoms with Gasteiger partial charge in [-0.2, -0.15) is 0 Å². The molecule has 0 saturated heterocycles. The van der Waals surface area contributed by atoms with Gasteiger partial charge in [0.15, 0.2) is 5.79 Å². The van der Waals surface area contributed by atoms with E-state index in [4.69, 9.17) is 9.84 Å². The third-order valence-corrected chi connectivity index (χ3v) is 10.7. The van der Waals surface area contributed by atoms with Crippen LogP contribution in [0.2, 0.25) is 0 Å². The lowest BCUT2D eigenvalue weighted by molar-refractivity contribution is -0.253. The summed E-state index contributed by atoms with van der Waals surface area (Å²) in [5, 5.41) is 31.4. The normalized spacial score (nSPS) is 51.5. The average Bonchev–Trinajstić information content (AvgIpc) is 3.06. The zero-order chi connectivity index (χ0) is 21.9. The van der Waals surface area contributed by atoms with E-state index >= 15 is 0 Å². The van der Waals surface area contributed by atoms with E-state index in [1.54, 1.807) is 7.11 Å². The maximum Gasteiger partial charge on any atom is 0.303 e. The summed E-state index contributed by atoms with van der Waals surface area (Å²) in [4.78, 5) is 11.1. The van der Waals surface area contributed by atoms with Gasteiger partial charge in [-0.1, -0.05) is 20.8 Å². The average molecular weight is 423 g/mol. The van der Waals surface area contributed by atoms with Crippen LogP contribution >= 0.6 is 0 Å². The molecule has 30 heavy (non-hydrogen) atoms. The molecule has 5 nitrogen and oxygen atoms in total. The molecule has 0 radical (unpaired) electrons. The number of fused-ring (bicyclic) bond motifs is 5. The number of ether oxygens (including phenoxy) is 1. The number of aliphatic carboxylic acids is 1. The van der Waals surface area contributed by atoms with Crippen LogP contribution in [0.25, 0.3) is 0 Å². The van der Waals surface area contributed by atoms with Crippen molar-refractivity contribution in [3.8, 4) is 0 Å². The standard InChI is InChI=1S/C25H42O5/c1-15(5-10-22(27)28)18-8-9-19-17-7-6-16-14-25(29,30-4)12-11-23(16,2)20(17)13-21(26)24(18,19)3/h15-21,26,29H,5-14H2,1-4H3,(H,27,28)/t15-,16-,17?,18-,19?,20?,21+,23+,24-,25+/m1/s1. The van der Waals surface area contributed by atoms with Gasteiger partial charge in [0.05, 0.1) is 6.10 Å². The van der Waals surface area contributed by atoms with Gasteiger partial charge < -0.3 is 20.1 Å². The van der Waals surface area contributed by atoms with Crippen molar-refractivity contribution in [1.82, 2.24) is 0 Å². The molecule has 4 rings (SSSR count). The Balaban J connectivity index is 1.55. The highest BCUT2D eigenvalue weighted by Crippen LogP contribution is 2.68. The van der Waals surface area contributed by atoms with Gasteiger partial charge in [-0.25, -0.2) is 0 Å². The molecule has 10 atom stereocenters. The molecule has 0 amide bonds. The number of rotatable bonds is 5. The molecular formula is C25H42O5. The van der Waals surface area contributed by atoms with Crippen LogP contribution in [0.3, 0.4) is 0 Å². The Morgan fingerprint density at radius 2 is 1.87 bits per heavy atom. The predicted molar refractivity (Wildman–Crippen MR) is 115 cm³/mol. The number of aliphatic hydroxyl groups is 2. The molecule has 4 aliphatic carbocycles. The fraction of sp³-hybridized carbons (Fsp3) is 0.960. The third-order valence-electron chi connectivity index (χ3n) is 10.7. The number of hydrogen-bond donors (Lipinski definition) is 3. The van der Waals surface area contributed by atoms with E-state index in [1.807, 2.05) is 0 Å². The van der Waals surface area contributed by atoms with Gasteiger partial charge >= 0.3 is 5.97 Å². The molecule has 4 aliphatic rings. The van der Waals surface area contributed by atoms with Gasteiger partial charge in [0, 0.05) is 26.4 Å². The van der Waals surface area contributed by atoms with Crippen molar-refractivity contribution in [2.24, 2.45) is 46.3 Å². The van der Waals surface area contributed by atoms with Crippen molar-refractivity contribution in [2.45, 2.75) is 96.9 Å². The molecule has 0 aliphatic heterocycles. The summed E-state index contributed by atoms with van der Waals surface area (Å²) in [6.45, 7) is 6.93. The van der Waals surface area contributed by atoms with Gasteiger partial charge in [-0.15, -0.1) is 0 Å². The van der Waals surface area contributed by atoms with Gasteiger partial charge in [-0.05, 0) is 91.3 Å². The van der Waals surface area contributed by atoms with Crippen LogP contribution in [0.5, 0.6) is 0 Å². The summed E-state index contributed by atoms with van der Waals surface area (Å²) in [5.41, 5.74) is 0.0766. The van der Waals surface area contributed by atoms with E-state index in [2.05, 4.69) is 20.8 Å². The van der Waals surface area contributed by atoms with Crippen LogP contribution in [0.4, 0.5) is 0 Å². The lowest BCUT2D eigenvalue weighted by Crippen LogP contribution is -2.60. The van der Waals surface area contributed by atoms with E-state index < -0.39 is 11.8 Å². The number of carbonyl (C=O) groups is 1. The second-order valence-electron chi connectivity index (χ2n) is 11.7. The summed E-state index contributed by atoms with van der Waals surface area (Å²) in [6.07, 6.45) is 8.46. The number of aliphatic hydroxyl groups excluding tert-OH is 1. The van der Waals surface area contributed by atoms with Gasteiger partial charge in [-0.3, -0.25) is 4.79 Å². The van der Waals surface area contributed by atoms with Gasteiger partial charge in [0.2, 0.25) is 0 Å². The number of hydrogen-bond acceptors (Lipinski definition) is 4. The molecule has 3 N–H and O–H groups in total. The van der Waals surface area contributed by atoms with Crippen molar-refractivity contribution in [1.29, 1.82) is 0 Å². The summed E-state index contributed by atoms with van der Waals surface area (Å²) in [5.74, 6) is 1.20. The lowest BCUT2D eigenvalue weighted by Gasteiger charge is -2.63. The lowest BCUT2D eigenvalue weighted by atomic mass is 9.43. The Kier molecular flexibility index (Phi) is 5.81. The number of carboxylic acid groups (broad SMARTS) is 1. The molecule has 5 heteroatoms. The Labute approximate surface area is 181 Å². The van der Waals surface area contributed by atoms with Crippen LogP contribution in [-0.4, -0.2) is 40.3 Å². The van der Waals surface area contributed by atoms with Gasteiger partial charge in [0.1, 0.15) is 0 Å². The predicted octanol–water partition coefficient (Wildman–Crippen LogP) is 4.45. The van der Waals surface area contributed by atoms with Crippen molar-refractivity contribution in [3.63, 3.8) is 0 Å². The van der Waals surface area contributed by atoms with E-state index in [9.17, 15) is 15.0 Å². The minimum absolute atomic E-state index is 0.0930. The summed E-state index contributed by atoms with van der Waals surface area (Å²) in [7, 11) is 1.62. The van der Waals surface area contributed by atoms with Crippen molar-refractivity contribution in [3.05, 3.63) is 0 Å². The zero-order valence-corrected chi connectivity index (χ0v) is 19.3. The summed E-state index contributed by atoms with van der Waals surface area (Å²) < 4.78 is 5.46. The number of carboxylic acids is 1. The summed E-state index contributed by atoms with van der Waals surface area (Å²) in [6, 6.07) is 0. The van der Waals surface area contributed by atoms with Crippen molar-refractivity contribution >= 4 is 5.97 Å². The molecule has 4 saturated carbocycles. The third kappa shape index (κ3) is 3.34. The molecule has 3 unspecified atom stereocenters. The molecule has 172 valence electrons. The first-order valence-electron chi connectivity index (χ1n) is 12.2. The fourth-order valence-corrected chi connectivity index (χ4v) is 8.87. The second kappa shape index (κ2) is 7.74. The molecule has 0 heterocycles. The van der Waals surface area contributed by atoms with E-state index in [0.29, 0.717) is 48.3 Å². The molecule has 0 aromatic carbocycles. The maximum absolute atomic E-state index is 11.5. The Morgan fingerprint density at radius 1 is 1.13 bits per heavy atom. The fourth-order valence-electron chi connectivity index (χ4n) is 8.87. The Hall–Kier alpha value is -0.650. The first-order chi connectivity index (χ1) is 14.0. The van der Waals surface area contributed by atoms with Gasteiger partial charge in [0.25, 0.3) is 0 Å². The topological polar surface area (TPSA) is 87.0 Å². The first-order valence-corrected chi connectivity index (χ1v) is 12.2. The monoisotopic (exact) mass is 422 g/mol.